The van der Waals surface area contributed by atoms with E-state index in [1.165, 1.54) is 0 Å². The number of amides is 2. The summed E-state index contributed by atoms with van der Waals surface area (Å²) in [6.45, 7) is 1.93. The quantitative estimate of drug-likeness (QED) is 0.215. The summed E-state index contributed by atoms with van der Waals surface area (Å²) in [4.78, 5) is 35.0. The van der Waals surface area contributed by atoms with E-state index < -0.39 is 23.8 Å². The zero-order valence-corrected chi connectivity index (χ0v) is 16.2. The summed E-state index contributed by atoms with van der Waals surface area (Å²) in [5.74, 6) is 2.62. The summed E-state index contributed by atoms with van der Waals surface area (Å²) in [6.07, 6.45) is 0.283. The Morgan fingerprint density at radius 1 is 1.07 bits per heavy atom. The van der Waals surface area contributed by atoms with E-state index in [-0.39, 0.29) is 13.0 Å². The fourth-order valence-electron chi connectivity index (χ4n) is 2.70. The highest BCUT2D eigenvalue weighted by molar-refractivity contribution is 6.35. The van der Waals surface area contributed by atoms with E-state index in [4.69, 9.17) is 22.2 Å². The Morgan fingerprint density at radius 2 is 1.79 bits per heavy atom. The van der Waals surface area contributed by atoms with E-state index in [0.717, 1.165) is 16.7 Å². The van der Waals surface area contributed by atoms with Crippen LogP contribution in [0, 0.1) is 0 Å². The lowest BCUT2D eigenvalue weighted by Crippen LogP contribution is -2.48. The number of carbonyl (C=O) groups excluding carboxylic acids is 3. The van der Waals surface area contributed by atoms with Crippen LogP contribution in [0.15, 0.2) is 48.5 Å². The van der Waals surface area contributed by atoms with Gasteiger partial charge in [-0.3, -0.25) is 19.8 Å². The molecule has 0 radical (unpaired) electrons. The van der Waals surface area contributed by atoms with Gasteiger partial charge in [0.15, 0.2) is 0 Å². The largest absolute Gasteiger partial charge is 0.466 e. The van der Waals surface area contributed by atoms with E-state index in [1.807, 2.05) is 42.5 Å². The summed E-state index contributed by atoms with van der Waals surface area (Å²) in [5, 5.41) is 3.16. The maximum absolute atomic E-state index is 11.8. The molecule has 0 spiro atoms. The van der Waals surface area contributed by atoms with Gasteiger partial charge in [0.2, 0.25) is 0 Å². The minimum Gasteiger partial charge on any atom is -0.466 e. The molecule has 2 aromatic rings. The molecule has 0 saturated heterocycles. The topological polar surface area (TPSA) is 111 Å². The van der Waals surface area contributed by atoms with Gasteiger partial charge in [0, 0.05) is 11.1 Å². The summed E-state index contributed by atoms with van der Waals surface area (Å²) < 4.78 is 4.94. The Bertz CT molecular complexity index is 840. The van der Waals surface area contributed by atoms with Crippen LogP contribution in [0.25, 0.3) is 11.1 Å². The van der Waals surface area contributed by atoms with E-state index >= 15 is 0 Å². The molecule has 0 aromatic heterocycles. The minimum atomic E-state index is -0.981. The van der Waals surface area contributed by atoms with Gasteiger partial charge in [0.1, 0.15) is 0 Å². The van der Waals surface area contributed by atoms with Gasteiger partial charge >= 0.3 is 17.8 Å². The molecule has 28 heavy (non-hydrogen) atoms. The first-order chi connectivity index (χ1) is 13.4. The van der Waals surface area contributed by atoms with Crippen molar-refractivity contribution in [3.8, 4) is 11.1 Å². The molecule has 2 amide bonds. The van der Waals surface area contributed by atoms with Gasteiger partial charge in [-0.05, 0) is 42.2 Å². The monoisotopic (exact) mass is 403 g/mol. The van der Waals surface area contributed by atoms with Crippen LogP contribution in [0.4, 0.5) is 0 Å². The van der Waals surface area contributed by atoms with Gasteiger partial charge in [-0.25, -0.2) is 5.84 Å². The number of nitrogens with two attached hydrogens (primary N) is 1. The molecule has 0 aliphatic carbocycles. The first kappa shape index (κ1) is 21.4. The molecule has 0 aliphatic rings. The van der Waals surface area contributed by atoms with Crippen LogP contribution >= 0.6 is 11.6 Å². The van der Waals surface area contributed by atoms with Crippen LogP contribution in [0.3, 0.4) is 0 Å². The molecule has 1 atom stereocenters. The maximum Gasteiger partial charge on any atom is 0.323 e. The molecule has 7 nitrogen and oxygen atoms in total. The third kappa shape index (κ3) is 6.37. The highest BCUT2D eigenvalue weighted by Gasteiger charge is 2.21. The zero-order valence-electron chi connectivity index (χ0n) is 15.4. The van der Waals surface area contributed by atoms with Crippen molar-refractivity contribution in [1.82, 2.24) is 10.7 Å². The number of hydrazine groups is 1. The van der Waals surface area contributed by atoms with Crippen LogP contribution < -0.4 is 16.6 Å². The Morgan fingerprint density at radius 3 is 2.39 bits per heavy atom. The zero-order chi connectivity index (χ0) is 20.5. The molecule has 4 N–H and O–H groups in total. The molecule has 0 heterocycles. The lowest BCUT2D eigenvalue weighted by atomic mass is 9.99. The molecule has 0 saturated carbocycles. The smallest absolute Gasteiger partial charge is 0.323 e. The molecular weight excluding hydrogens is 382 g/mol. The maximum atomic E-state index is 11.8. The third-order valence-corrected chi connectivity index (χ3v) is 4.22. The summed E-state index contributed by atoms with van der Waals surface area (Å²) in [6, 6.07) is 14.5. The second-order valence-electron chi connectivity index (χ2n) is 6.06. The number of ether oxygens (including phenoxy) is 1. The van der Waals surface area contributed by atoms with E-state index in [9.17, 15) is 14.4 Å². The molecule has 8 heteroatoms. The lowest BCUT2D eigenvalue weighted by Gasteiger charge is -2.18. The number of rotatable bonds is 7. The van der Waals surface area contributed by atoms with E-state index in [2.05, 4.69) is 5.32 Å². The normalized spacial score (nSPS) is 11.4. The Kier molecular flexibility index (Phi) is 7.98. The molecule has 2 aromatic carbocycles. The van der Waals surface area contributed by atoms with Gasteiger partial charge in [0.05, 0.1) is 13.0 Å². The average Bonchev–Trinajstić information content (AvgIpc) is 2.68. The standard InChI is InChI=1S/C20H22ClN3O4/c1-2-28-18(25)12-17(23-19(26)20(27)24-22)10-13-6-8-14(9-7-13)15-4-3-5-16(21)11-15/h3-9,11,17H,2,10,12,22H2,1H3,(H,23,26)(H,24,27). The predicted molar refractivity (Wildman–Crippen MR) is 106 cm³/mol. The van der Waals surface area contributed by atoms with E-state index in [0.29, 0.717) is 11.4 Å². The van der Waals surface area contributed by atoms with Crippen LogP contribution in [-0.2, 0) is 25.5 Å². The van der Waals surface area contributed by atoms with Gasteiger partial charge in [-0.2, -0.15) is 0 Å². The Hall–Kier alpha value is -2.90. The molecular formula is C20H22ClN3O4. The summed E-state index contributed by atoms with van der Waals surface area (Å²) >= 11 is 6.03. The van der Waals surface area contributed by atoms with Crippen LogP contribution in [0.1, 0.15) is 18.9 Å². The number of benzene rings is 2. The Balaban J connectivity index is 2.12. The van der Waals surface area contributed by atoms with Gasteiger partial charge in [-0.15, -0.1) is 0 Å². The molecule has 1 unspecified atom stereocenters. The van der Waals surface area contributed by atoms with Gasteiger partial charge in [0.25, 0.3) is 0 Å². The van der Waals surface area contributed by atoms with Crippen LogP contribution in [-0.4, -0.2) is 30.4 Å². The van der Waals surface area contributed by atoms with Crippen molar-refractivity contribution in [2.45, 2.75) is 25.8 Å². The molecule has 2 rings (SSSR count). The summed E-state index contributed by atoms with van der Waals surface area (Å²) in [5.41, 5.74) is 4.61. The van der Waals surface area contributed by atoms with E-state index in [1.54, 1.807) is 18.4 Å². The average molecular weight is 404 g/mol. The second kappa shape index (κ2) is 10.4. The molecule has 0 bridgehead atoms. The fraction of sp³-hybridized carbons (Fsp3) is 0.250. The predicted octanol–water partition coefficient (Wildman–Crippen LogP) is 1.98. The first-order valence-corrected chi connectivity index (χ1v) is 9.12. The lowest BCUT2D eigenvalue weighted by molar-refractivity contribution is -0.144. The molecule has 148 valence electrons. The first-order valence-electron chi connectivity index (χ1n) is 8.74. The Labute approximate surface area is 168 Å². The fourth-order valence-corrected chi connectivity index (χ4v) is 2.89. The number of hydrogen-bond donors (Lipinski definition) is 3. The number of carbonyl (C=O) groups is 3. The third-order valence-electron chi connectivity index (χ3n) is 3.98. The SMILES string of the molecule is CCOC(=O)CC(Cc1ccc(-c2cccc(Cl)c2)cc1)NC(=O)C(=O)NN. The van der Waals surface area contributed by atoms with Crippen molar-refractivity contribution in [2.24, 2.45) is 5.84 Å². The van der Waals surface area contributed by atoms with Crippen molar-refractivity contribution in [3.05, 3.63) is 59.1 Å². The number of halogens is 1. The molecule has 0 aliphatic heterocycles. The van der Waals surface area contributed by atoms with Gasteiger partial charge < -0.3 is 10.1 Å². The van der Waals surface area contributed by atoms with Gasteiger partial charge in [-0.1, -0.05) is 48.0 Å². The summed E-state index contributed by atoms with van der Waals surface area (Å²) in [7, 11) is 0. The number of hydrogen-bond acceptors (Lipinski definition) is 5. The van der Waals surface area contributed by atoms with Crippen molar-refractivity contribution in [2.75, 3.05) is 6.61 Å². The molecule has 0 fully saturated rings. The number of nitrogens with one attached hydrogen (secondary N) is 2. The second-order valence-corrected chi connectivity index (χ2v) is 6.50. The highest BCUT2D eigenvalue weighted by Crippen LogP contribution is 2.23. The van der Waals surface area contributed by atoms with Crippen molar-refractivity contribution in [1.29, 1.82) is 0 Å². The van der Waals surface area contributed by atoms with Crippen molar-refractivity contribution >= 4 is 29.4 Å². The van der Waals surface area contributed by atoms with Crippen molar-refractivity contribution < 1.29 is 19.1 Å². The number of esters is 1. The van der Waals surface area contributed by atoms with Crippen LogP contribution in [0.5, 0.6) is 0 Å². The highest BCUT2D eigenvalue weighted by atomic mass is 35.5. The van der Waals surface area contributed by atoms with Crippen molar-refractivity contribution in [3.63, 3.8) is 0 Å². The van der Waals surface area contributed by atoms with Crippen LogP contribution in [0.2, 0.25) is 5.02 Å². The minimum absolute atomic E-state index is 0.0620.